The lowest BCUT2D eigenvalue weighted by Crippen LogP contribution is -2.25. The predicted octanol–water partition coefficient (Wildman–Crippen LogP) is 3.72. The molecule has 4 rings (SSSR count). The van der Waals surface area contributed by atoms with Gasteiger partial charge in [-0.1, -0.05) is 18.2 Å². The molecule has 2 aromatic heterocycles. The number of amides is 1. The number of ketones is 1. The zero-order valence-electron chi connectivity index (χ0n) is 18.0. The molecule has 2 aromatic carbocycles. The average molecular weight is 445 g/mol. The first-order valence-electron chi connectivity index (χ1n) is 10.1. The molecule has 2 heterocycles. The molecule has 0 aliphatic carbocycles. The molecule has 0 atom stereocenters. The van der Waals surface area contributed by atoms with Crippen molar-refractivity contribution in [1.29, 1.82) is 0 Å². The molecule has 33 heavy (non-hydrogen) atoms. The normalized spacial score (nSPS) is 10.8. The summed E-state index contributed by atoms with van der Waals surface area (Å²) in [5, 5.41) is 2.83. The minimum atomic E-state index is -0.499. The molecule has 0 unspecified atom stereocenters. The first-order valence-corrected chi connectivity index (χ1v) is 10.1. The minimum Gasteiger partial charge on any atom is -0.497 e. The van der Waals surface area contributed by atoms with Gasteiger partial charge >= 0.3 is 0 Å². The third kappa shape index (κ3) is 4.64. The van der Waals surface area contributed by atoms with Crippen molar-refractivity contribution in [1.82, 2.24) is 9.55 Å². The van der Waals surface area contributed by atoms with E-state index in [-0.39, 0.29) is 28.7 Å². The van der Waals surface area contributed by atoms with Crippen LogP contribution in [0.2, 0.25) is 0 Å². The van der Waals surface area contributed by atoms with Crippen LogP contribution in [-0.4, -0.2) is 28.4 Å². The summed E-state index contributed by atoms with van der Waals surface area (Å²) in [5.74, 6) is -0.965. The molecule has 0 spiro atoms. The number of nitrogens with one attached hydrogen (secondary N) is 1. The number of hydrogen-bond donors (Lipinski definition) is 1. The van der Waals surface area contributed by atoms with Crippen LogP contribution in [0.25, 0.3) is 11.0 Å². The molecule has 0 aliphatic heterocycles. The topological polar surface area (TPSA) is 90.3 Å². The molecular weight excluding hydrogens is 425 g/mol. The Bertz CT molecular complexity index is 1450. The fourth-order valence-electron chi connectivity index (χ4n) is 3.48. The number of rotatable bonds is 6. The largest absolute Gasteiger partial charge is 0.497 e. The van der Waals surface area contributed by atoms with E-state index < -0.39 is 22.9 Å². The summed E-state index contributed by atoms with van der Waals surface area (Å²) in [6.45, 7) is 1.53. The van der Waals surface area contributed by atoms with E-state index in [4.69, 9.17) is 4.74 Å². The standard InChI is InChI=1S/C25H20FN3O4/c1-15-9-10-20-24(32)21(23(31)16-5-3-8-19(11-16)33-2)13-29(25(20)27-15)14-22(30)28-18-7-4-6-17(26)12-18/h3-13H,14H2,1-2H3,(H,28,30). The lowest BCUT2D eigenvalue weighted by atomic mass is 10.0. The van der Waals surface area contributed by atoms with Crippen LogP contribution < -0.4 is 15.5 Å². The quantitative estimate of drug-likeness (QED) is 0.457. The van der Waals surface area contributed by atoms with Crippen molar-refractivity contribution in [2.75, 3.05) is 12.4 Å². The number of halogens is 1. The van der Waals surface area contributed by atoms with Crippen LogP contribution in [0.5, 0.6) is 5.75 Å². The zero-order chi connectivity index (χ0) is 23.5. The van der Waals surface area contributed by atoms with Gasteiger partial charge in [-0.25, -0.2) is 9.37 Å². The molecule has 166 valence electrons. The highest BCUT2D eigenvalue weighted by molar-refractivity contribution is 6.10. The van der Waals surface area contributed by atoms with E-state index in [0.717, 1.165) is 0 Å². The molecule has 7 nitrogen and oxygen atoms in total. The van der Waals surface area contributed by atoms with Crippen LogP contribution >= 0.6 is 0 Å². The summed E-state index contributed by atoms with van der Waals surface area (Å²) in [5.41, 5.74) is 0.917. The number of hydrogen-bond acceptors (Lipinski definition) is 5. The number of aryl methyl sites for hydroxylation is 1. The Labute approximate surface area is 188 Å². The highest BCUT2D eigenvalue weighted by atomic mass is 19.1. The van der Waals surface area contributed by atoms with E-state index >= 15 is 0 Å². The summed E-state index contributed by atoms with van der Waals surface area (Å²) in [6, 6.07) is 15.2. The van der Waals surface area contributed by atoms with E-state index in [9.17, 15) is 18.8 Å². The Morgan fingerprint density at radius 2 is 1.88 bits per heavy atom. The number of ether oxygens (including phenoxy) is 1. The van der Waals surface area contributed by atoms with Gasteiger partial charge in [0.15, 0.2) is 5.78 Å². The Morgan fingerprint density at radius 3 is 2.64 bits per heavy atom. The van der Waals surface area contributed by atoms with Gasteiger partial charge in [0.05, 0.1) is 18.1 Å². The summed E-state index contributed by atoms with van der Waals surface area (Å²) >= 11 is 0. The second-order valence-corrected chi connectivity index (χ2v) is 7.44. The van der Waals surface area contributed by atoms with Gasteiger partial charge in [0.1, 0.15) is 23.8 Å². The van der Waals surface area contributed by atoms with Crippen LogP contribution in [0.1, 0.15) is 21.6 Å². The Morgan fingerprint density at radius 1 is 1.09 bits per heavy atom. The van der Waals surface area contributed by atoms with Crippen LogP contribution in [0.4, 0.5) is 10.1 Å². The molecule has 0 saturated heterocycles. The molecule has 4 aromatic rings. The highest BCUT2D eigenvalue weighted by Gasteiger charge is 2.19. The summed E-state index contributed by atoms with van der Waals surface area (Å²) in [7, 11) is 1.48. The van der Waals surface area contributed by atoms with Gasteiger partial charge < -0.3 is 14.6 Å². The Balaban J connectivity index is 1.77. The maximum atomic E-state index is 13.5. The van der Waals surface area contributed by atoms with Gasteiger partial charge in [-0.15, -0.1) is 0 Å². The number of pyridine rings is 2. The van der Waals surface area contributed by atoms with E-state index in [1.165, 1.54) is 36.1 Å². The lowest BCUT2D eigenvalue weighted by molar-refractivity contribution is -0.116. The minimum absolute atomic E-state index is 0.0973. The monoisotopic (exact) mass is 445 g/mol. The number of carbonyl (C=O) groups excluding carboxylic acids is 2. The molecule has 8 heteroatoms. The van der Waals surface area contributed by atoms with Crippen LogP contribution in [0, 0.1) is 12.7 Å². The van der Waals surface area contributed by atoms with E-state index in [1.807, 2.05) is 0 Å². The van der Waals surface area contributed by atoms with E-state index in [2.05, 4.69) is 10.3 Å². The Kier molecular flexibility index (Phi) is 5.99. The fraction of sp³-hybridized carbons (Fsp3) is 0.120. The van der Waals surface area contributed by atoms with Crippen molar-refractivity contribution < 1.29 is 18.7 Å². The maximum absolute atomic E-state index is 13.5. The number of nitrogens with zero attached hydrogens (tertiary/aromatic N) is 2. The van der Waals surface area contributed by atoms with Crippen LogP contribution in [-0.2, 0) is 11.3 Å². The first kappa shape index (κ1) is 21.9. The van der Waals surface area contributed by atoms with Gasteiger partial charge in [0.25, 0.3) is 0 Å². The van der Waals surface area contributed by atoms with Crippen molar-refractivity contribution in [2.24, 2.45) is 0 Å². The van der Waals surface area contributed by atoms with E-state index in [1.54, 1.807) is 49.4 Å². The summed E-state index contributed by atoms with van der Waals surface area (Å²) in [4.78, 5) is 43.4. The number of fused-ring (bicyclic) bond motifs is 1. The second kappa shape index (κ2) is 9.04. The zero-order valence-corrected chi connectivity index (χ0v) is 18.0. The fourth-order valence-corrected chi connectivity index (χ4v) is 3.48. The molecule has 0 aliphatic rings. The van der Waals surface area contributed by atoms with Gasteiger partial charge in [0.2, 0.25) is 11.3 Å². The lowest BCUT2D eigenvalue weighted by Gasteiger charge is -2.13. The van der Waals surface area contributed by atoms with Crippen LogP contribution in [0.3, 0.4) is 0 Å². The van der Waals surface area contributed by atoms with Gasteiger partial charge in [-0.05, 0) is 49.4 Å². The maximum Gasteiger partial charge on any atom is 0.244 e. The third-order valence-corrected chi connectivity index (χ3v) is 5.06. The van der Waals surface area contributed by atoms with Crippen molar-refractivity contribution in [3.63, 3.8) is 0 Å². The van der Waals surface area contributed by atoms with Gasteiger partial charge in [0, 0.05) is 23.1 Å². The Hall–Kier alpha value is -4.33. The number of carbonyl (C=O) groups is 2. The predicted molar refractivity (Wildman–Crippen MR) is 122 cm³/mol. The number of methoxy groups -OCH3 is 1. The van der Waals surface area contributed by atoms with Crippen molar-refractivity contribution >= 4 is 28.4 Å². The molecule has 0 radical (unpaired) electrons. The highest BCUT2D eigenvalue weighted by Crippen LogP contribution is 2.18. The first-order chi connectivity index (χ1) is 15.9. The van der Waals surface area contributed by atoms with Crippen LogP contribution in [0.15, 0.2) is 71.7 Å². The summed E-state index contributed by atoms with van der Waals surface area (Å²) in [6.07, 6.45) is 1.34. The van der Waals surface area contributed by atoms with Crippen molar-refractivity contribution in [3.05, 3.63) is 99.7 Å². The molecule has 0 fully saturated rings. The molecular formula is C25H20FN3O4. The number of anilines is 1. The average Bonchev–Trinajstić information content (AvgIpc) is 2.80. The third-order valence-electron chi connectivity index (χ3n) is 5.06. The van der Waals surface area contributed by atoms with E-state index in [0.29, 0.717) is 17.1 Å². The smallest absolute Gasteiger partial charge is 0.244 e. The molecule has 1 N–H and O–H groups in total. The second-order valence-electron chi connectivity index (χ2n) is 7.44. The number of aromatic nitrogens is 2. The van der Waals surface area contributed by atoms with Crippen molar-refractivity contribution in [2.45, 2.75) is 13.5 Å². The SMILES string of the molecule is COc1cccc(C(=O)c2cn(CC(=O)Nc3cccc(F)c3)c3nc(C)ccc3c2=O)c1. The molecule has 1 amide bonds. The number of benzene rings is 2. The molecule has 0 bridgehead atoms. The van der Waals surface area contributed by atoms with Gasteiger partial charge in [-0.2, -0.15) is 0 Å². The van der Waals surface area contributed by atoms with Gasteiger partial charge in [-0.3, -0.25) is 14.4 Å². The van der Waals surface area contributed by atoms with Crippen molar-refractivity contribution in [3.8, 4) is 5.75 Å². The molecule has 0 saturated carbocycles. The summed E-state index contributed by atoms with van der Waals surface area (Å²) < 4.78 is 20.1.